The van der Waals surface area contributed by atoms with Crippen LogP contribution in [0.4, 0.5) is 4.39 Å². The van der Waals surface area contributed by atoms with Gasteiger partial charge in [0.1, 0.15) is 11.9 Å². The van der Waals surface area contributed by atoms with Crippen molar-refractivity contribution in [2.75, 3.05) is 13.1 Å². The van der Waals surface area contributed by atoms with Gasteiger partial charge in [-0.3, -0.25) is 4.79 Å². The molecule has 6 nitrogen and oxygen atoms in total. The predicted molar refractivity (Wildman–Crippen MR) is 113 cm³/mol. The fourth-order valence-electron chi connectivity index (χ4n) is 3.83. The van der Waals surface area contributed by atoms with Crippen molar-refractivity contribution < 1.29 is 17.6 Å². The van der Waals surface area contributed by atoms with Crippen LogP contribution in [0.25, 0.3) is 10.9 Å². The van der Waals surface area contributed by atoms with Gasteiger partial charge in [0.25, 0.3) is 0 Å². The summed E-state index contributed by atoms with van der Waals surface area (Å²) in [4.78, 5) is 12.9. The molecule has 0 radical (unpaired) electrons. The maximum absolute atomic E-state index is 13.3. The van der Waals surface area contributed by atoms with Gasteiger partial charge in [0.15, 0.2) is 0 Å². The van der Waals surface area contributed by atoms with Gasteiger partial charge in [-0.05, 0) is 61.7 Å². The monoisotopic (exact) mass is 429 g/mol. The quantitative estimate of drug-likeness (QED) is 0.653. The summed E-state index contributed by atoms with van der Waals surface area (Å²) >= 11 is 0. The Kier molecular flexibility index (Phi) is 5.62. The van der Waals surface area contributed by atoms with Gasteiger partial charge in [-0.25, -0.2) is 12.8 Å². The molecular weight excluding hydrogens is 405 g/mol. The van der Waals surface area contributed by atoms with Gasteiger partial charge in [-0.15, -0.1) is 0 Å². The molecule has 0 saturated carbocycles. The highest BCUT2D eigenvalue weighted by atomic mass is 32.2. The average molecular weight is 430 g/mol. The first kappa shape index (κ1) is 20.6. The number of hydrogen-bond acceptors (Lipinski definition) is 3. The fourth-order valence-corrected chi connectivity index (χ4v) is 5.38. The molecule has 0 spiro atoms. The van der Waals surface area contributed by atoms with Gasteiger partial charge in [0, 0.05) is 36.7 Å². The third-order valence-electron chi connectivity index (χ3n) is 5.55. The zero-order valence-corrected chi connectivity index (χ0v) is 17.5. The van der Waals surface area contributed by atoms with Crippen molar-refractivity contribution >= 4 is 26.8 Å². The van der Waals surface area contributed by atoms with E-state index >= 15 is 0 Å². The molecule has 1 fully saturated rings. The van der Waals surface area contributed by atoms with E-state index in [9.17, 15) is 17.6 Å². The van der Waals surface area contributed by atoms with E-state index in [1.807, 2.05) is 10.6 Å². The van der Waals surface area contributed by atoms with E-state index in [0.29, 0.717) is 18.7 Å². The zero-order valence-electron chi connectivity index (χ0n) is 16.7. The molecule has 0 bridgehead atoms. The van der Waals surface area contributed by atoms with Gasteiger partial charge < -0.3 is 9.88 Å². The minimum absolute atomic E-state index is 0.203. The highest BCUT2D eigenvalue weighted by Gasteiger charge is 2.27. The van der Waals surface area contributed by atoms with E-state index < -0.39 is 16.1 Å². The van der Waals surface area contributed by atoms with E-state index in [1.54, 1.807) is 43.5 Å². The highest BCUT2D eigenvalue weighted by molar-refractivity contribution is 7.89. The van der Waals surface area contributed by atoms with Crippen molar-refractivity contribution in [3.05, 3.63) is 66.1 Å². The number of hydrogen-bond donors (Lipinski definition) is 1. The highest BCUT2D eigenvalue weighted by Crippen LogP contribution is 2.27. The Morgan fingerprint density at radius 1 is 1.13 bits per heavy atom. The van der Waals surface area contributed by atoms with Crippen molar-refractivity contribution in [3.63, 3.8) is 0 Å². The number of benzene rings is 2. The van der Waals surface area contributed by atoms with Crippen LogP contribution in [0.15, 0.2) is 59.6 Å². The largest absolute Gasteiger partial charge is 0.350 e. The second kappa shape index (κ2) is 8.20. The minimum Gasteiger partial charge on any atom is -0.350 e. The SMILES string of the molecule is CC(C(=O)NCc1cccc(F)c1)n1ccc2cc(S(=O)(=O)N3CCCC3)ccc21. The van der Waals surface area contributed by atoms with Gasteiger partial charge >= 0.3 is 0 Å². The molecule has 1 aromatic heterocycles. The minimum atomic E-state index is -3.49. The molecule has 1 saturated heterocycles. The molecule has 1 N–H and O–H groups in total. The number of amides is 1. The number of carbonyl (C=O) groups excluding carboxylic acids is 1. The summed E-state index contributed by atoms with van der Waals surface area (Å²) in [5, 5.41) is 3.59. The average Bonchev–Trinajstić information content (AvgIpc) is 3.41. The number of nitrogens with one attached hydrogen (secondary N) is 1. The van der Waals surface area contributed by atoms with Gasteiger partial charge in [-0.2, -0.15) is 4.31 Å². The summed E-state index contributed by atoms with van der Waals surface area (Å²) < 4.78 is 42.2. The Balaban J connectivity index is 1.52. The summed E-state index contributed by atoms with van der Waals surface area (Å²) in [5.41, 5.74) is 1.47. The maximum Gasteiger partial charge on any atom is 0.243 e. The lowest BCUT2D eigenvalue weighted by Gasteiger charge is -2.17. The number of sulfonamides is 1. The second-order valence-electron chi connectivity index (χ2n) is 7.58. The number of nitrogens with zero attached hydrogens (tertiary/aromatic N) is 2. The summed E-state index contributed by atoms with van der Waals surface area (Å²) in [6, 6.07) is 12.4. The van der Waals surface area contributed by atoms with E-state index in [-0.39, 0.29) is 23.2 Å². The lowest BCUT2D eigenvalue weighted by Crippen LogP contribution is -2.30. The molecule has 1 unspecified atom stereocenters. The number of carbonyl (C=O) groups is 1. The number of rotatable bonds is 6. The molecule has 2 heterocycles. The molecule has 1 aliphatic rings. The Labute approximate surface area is 175 Å². The van der Waals surface area contributed by atoms with Crippen molar-refractivity contribution in [1.82, 2.24) is 14.2 Å². The fraction of sp³-hybridized carbons (Fsp3) is 0.318. The third-order valence-corrected chi connectivity index (χ3v) is 7.44. The van der Waals surface area contributed by atoms with Crippen LogP contribution in [0.5, 0.6) is 0 Å². The molecule has 1 aliphatic heterocycles. The van der Waals surface area contributed by atoms with Crippen LogP contribution in [0.3, 0.4) is 0 Å². The number of fused-ring (bicyclic) bond motifs is 1. The molecule has 1 amide bonds. The molecule has 0 aliphatic carbocycles. The zero-order chi connectivity index (χ0) is 21.3. The first-order valence-corrected chi connectivity index (χ1v) is 11.4. The summed E-state index contributed by atoms with van der Waals surface area (Å²) in [6.07, 6.45) is 3.56. The van der Waals surface area contributed by atoms with E-state index in [0.717, 1.165) is 23.7 Å². The van der Waals surface area contributed by atoms with Crippen LogP contribution in [0.1, 0.15) is 31.4 Å². The molecular formula is C22H24FN3O3S. The predicted octanol–water partition coefficient (Wildman–Crippen LogP) is 3.44. The van der Waals surface area contributed by atoms with Crippen LogP contribution >= 0.6 is 0 Å². The summed E-state index contributed by atoms with van der Waals surface area (Å²) in [5.74, 6) is -0.545. The molecule has 1 atom stereocenters. The van der Waals surface area contributed by atoms with Crippen LogP contribution in [-0.4, -0.2) is 36.3 Å². The van der Waals surface area contributed by atoms with Gasteiger partial charge in [-0.1, -0.05) is 12.1 Å². The third kappa shape index (κ3) is 3.97. The lowest BCUT2D eigenvalue weighted by atomic mass is 10.2. The molecule has 4 rings (SSSR count). The first-order chi connectivity index (χ1) is 14.4. The van der Waals surface area contributed by atoms with Gasteiger partial charge in [0.05, 0.1) is 4.90 Å². The molecule has 158 valence electrons. The van der Waals surface area contributed by atoms with Crippen molar-refractivity contribution in [2.24, 2.45) is 0 Å². The van der Waals surface area contributed by atoms with Crippen LogP contribution in [-0.2, 0) is 21.4 Å². The standard InChI is InChI=1S/C22H24FN3O3S/c1-16(22(27)24-15-17-5-4-6-19(23)13-17)26-12-9-18-14-20(7-8-21(18)26)30(28,29)25-10-2-3-11-25/h4-9,12-14,16H,2-3,10-11,15H2,1H3,(H,24,27). The van der Waals surface area contributed by atoms with Crippen molar-refractivity contribution in [3.8, 4) is 0 Å². The van der Waals surface area contributed by atoms with Crippen molar-refractivity contribution in [1.29, 1.82) is 0 Å². The normalized spacial score (nSPS) is 16.1. The maximum atomic E-state index is 13.3. The Morgan fingerprint density at radius 3 is 2.63 bits per heavy atom. The smallest absolute Gasteiger partial charge is 0.243 e. The molecule has 8 heteroatoms. The Morgan fingerprint density at radius 2 is 1.90 bits per heavy atom. The molecule has 3 aromatic rings. The van der Waals surface area contributed by atoms with E-state index in [2.05, 4.69) is 5.32 Å². The van der Waals surface area contributed by atoms with Crippen LogP contribution in [0.2, 0.25) is 0 Å². The van der Waals surface area contributed by atoms with Crippen LogP contribution in [0, 0.1) is 5.82 Å². The number of aromatic nitrogens is 1. The van der Waals surface area contributed by atoms with E-state index in [4.69, 9.17) is 0 Å². The lowest BCUT2D eigenvalue weighted by molar-refractivity contribution is -0.123. The molecule has 30 heavy (non-hydrogen) atoms. The second-order valence-corrected chi connectivity index (χ2v) is 9.52. The molecule has 2 aromatic carbocycles. The summed E-state index contributed by atoms with van der Waals surface area (Å²) in [6.45, 7) is 3.13. The summed E-state index contributed by atoms with van der Waals surface area (Å²) in [7, 11) is -3.49. The topological polar surface area (TPSA) is 71.4 Å². The first-order valence-electron chi connectivity index (χ1n) is 9.99. The Bertz CT molecular complexity index is 1180. The Hall–Kier alpha value is -2.71. The number of halogens is 1. The van der Waals surface area contributed by atoms with Gasteiger partial charge in [0.2, 0.25) is 15.9 Å². The van der Waals surface area contributed by atoms with Crippen molar-refractivity contribution in [2.45, 2.75) is 37.2 Å². The van der Waals surface area contributed by atoms with Crippen LogP contribution < -0.4 is 5.32 Å². The van der Waals surface area contributed by atoms with E-state index in [1.165, 1.54) is 16.4 Å².